The number of benzene rings is 1. The number of halogens is 1. The Balaban J connectivity index is 1.72. The zero-order chi connectivity index (χ0) is 17.1. The van der Waals surface area contributed by atoms with Crippen molar-refractivity contribution in [3.8, 4) is 11.3 Å². The van der Waals surface area contributed by atoms with Crippen molar-refractivity contribution in [2.45, 2.75) is 0 Å². The van der Waals surface area contributed by atoms with E-state index in [1.165, 1.54) is 12.1 Å². The van der Waals surface area contributed by atoms with Crippen molar-refractivity contribution in [1.82, 2.24) is 15.2 Å². The van der Waals surface area contributed by atoms with E-state index in [2.05, 4.69) is 20.5 Å². The van der Waals surface area contributed by atoms with E-state index in [9.17, 15) is 9.18 Å². The molecule has 7 heteroatoms. The lowest BCUT2D eigenvalue weighted by atomic mass is 10.1. The highest BCUT2D eigenvalue weighted by molar-refractivity contribution is 6.03. The molecule has 0 saturated carbocycles. The van der Waals surface area contributed by atoms with Gasteiger partial charge in [-0.25, -0.2) is 9.37 Å². The summed E-state index contributed by atoms with van der Waals surface area (Å²) in [6.07, 6.45) is 1.59. The van der Waals surface area contributed by atoms with Crippen molar-refractivity contribution in [3.63, 3.8) is 0 Å². The van der Waals surface area contributed by atoms with Crippen molar-refractivity contribution in [1.29, 1.82) is 0 Å². The molecule has 0 radical (unpaired) electrons. The Labute approximate surface area is 138 Å². The zero-order valence-electron chi connectivity index (χ0n) is 13.2. The molecule has 3 rings (SSSR count). The molecule has 0 aliphatic rings. The van der Waals surface area contributed by atoms with E-state index in [0.717, 1.165) is 11.4 Å². The van der Waals surface area contributed by atoms with Gasteiger partial charge in [-0.2, -0.15) is 5.10 Å². The van der Waals surface area contributed by atoms with Crippen molar-refractivity contribution in [2.24, 2.45) is 0 Å². The zero-order valence-corrected chi connectivity index (χ0v) is 13.2. The second-order valence-electron chi connectivity index (χ2n) is 5.43. The Hall–Kier alpha value is -3.22. The number of nitrogens with zero attached hydrogens (tertiary/aromatic N) is 3. The predicted molar refractivity (Wildman–Crippen MR) is 90.5 cm³/mol. The van der Waals surface area contributed by atoms with Crippen LogP contribution in [0.2, 0.25) is 0 Å². The molecule has 0 spiro atoms. The number of rotatable bonds is 4. The summed E-state index contributed by atoms with van der Waals surface area (Å²) in [6.45, 7) is 0. The lowest BCUT2D eigenvalue weighted by Gasteiger charge is -2.11. The van der Waals surface area contributed by atoms with Crippen LogP contribution in [0.25, 0.3) is 11.3 Å². The first-order chi connectivity index (χ1) is 11.5. The van der Waals surface area contributed by atoms with E-state index in [1.54, 1.807) is 30.5 Å². The van der Waals surface area contributed by atoms with Crippen LogP contribution in [0.15, 0.2) is 48.7 Å². The number of anilines is 2. The molecule has 2 N–H and O–H groups in total. The maximum atomic E-state index is 13.0. The highest BCUT2D eigenvalue weighted by Gasteiger charge is 2.12. The van der Waals surface area contributed by atoms with Gasteiger partial charge in [0.25, 0.3) is 5.91 Å². The first-order valence-corrected chi connectivity index (χ1v) is 7.29. The Morgan fingerprint density at radius 3 is 2.54 bits per heavy atom. The molecule has 24 heavy (non-hydrogen) atoms. The quantitative estimate of drug-likeness (QED) is 0.773. The van der Waals surface area contributed by atoms with Gasteiger partial charge in [0.05, 0.1) is 17.6 Å². The van der Waals surface area contributed by atoms with Crippen LogP contribution >= 0.6 is 0 Å². The number of carbonyl (C=O) groups is 1. The second-order valence-corrected chi connectivity index (χ2v) is 5.43. The minimum Gasteiger partial charge on any atom is -0.363 e. The van der Waals surface area contributed by atoms with E-state index >= 15 is 0 Å². The summed E-state index contributed by atoms with van der Waals surface area (Å²) in [5, 5.41) is 9.52. The standard InChI is InChI=1S/C17H16FN5O/c1-23(2)16-8-7-13(10-19-16)20-17(24)15-9-14(21-22-15)11-3-5-12(18)6-4-11/h3-10H,1-2H3,(H,20,24)(H,21,22). The monoisotopic (exact) mass is 325 g/mol. The highest BCUT2D eigenvalue weighted by Crippen LogP contribution is 2.19. The minimum atomic E-state index is -0.324. The number of amides is 1. The van der Waals surface area contributed by atoms with Gasteiger partial charge < -0.3 is 10.2 Å². The molecule has 0 aliphatic heterocycles. The summed E-state index contributed by atoms with van der Waals surface area (Å²) in [6, 6.07) is 11.1. The summed E-state index contributed by atoms with van der Waals surface area (Å²) in [5.41, 5.74) is 2.19. The van der Waals surface area contributed by atoms with Crippen molar-refractivity contribution in [3.05, 3.63) is 60.2 Å². The van der Waals surface area contributed by atoms with Crippen molar-refractivity contribution < 1.29 is 9.18 Å². The van der Waals surface area contributed by atoms with Gasteiger partial charge in [0, 0.05) is 19.7 Å². The number of hydrogen-bond donors (Lipinski definition) is 2. The molecule has 0 fully saturated rings. The molecule has 3 aromatic rings. The minimum absolute atomic E-state index is 0.311. The molecule has 6 nitrogen and oxygen atoms in total. The fourth-order valence-electron chi connectivity index (χ4n) is 2.13. The Morgan fingerprint density at radius 1 is 1.17 bits per heavy atom. The Kier molecular flexibility index (Phi) is 4.24. The summed E-state index contributed by atoms with van der Waals surface area (Å²) < 4.78 is 13.0. The van der Waals surface area contributed by atoms with Gasteiger partial charge in [0.15, 0.2) is 0 Å². The molecule has 1 aromatic carbocycles. The predicted octanol–water partition coefficient (Wildman–Crippen LogP) is 2.93. The number of pyridine rings is 1. The van der Waals surface area contributed by atoms with Crippen LogP contribution in [0.1, 0.15) is 10.5 Å². The number of aromatic nitrogens is 3. The molecular weight excluding hydrogens is 309 g/mol. The van der Waals surface area contributed by atoms with E-state index < -0.39 is 0 Å². The first-order valence-electron chi connectivity index (χ1n) is 7.29. The molecule has 1 amide bonds. The Bertz CT molecular complexity index is 840. The second kappa shape index (κ2) is 6.49. The lowest BCUT2D eigenvalue weighted by Crippen LogP contribution is -2.14. The first kappa shape index (κ1) is 15.7. The normalized spacial score (nSPS) is 10.5. The number of nitrogens with one attached hydrogen (secondary N) is 2. The molecule has 0 unspecified atom stereocenters. The SMILES string of the molecule is CN(C)c1ccc(NC(=O)c2cc(-c3ccc(F)cc3)n[nH]2)cn1. The van der Waals surface area contributed by atoms with Gasteiger partial charge in [0.2, 0.25) is 0 Å². The summed E-state index contributed by atoms with van der Waals surface area (Å²) >= 11 is 0. The number of aromatic amines is 1. The van der Waals surface area contributed by atoms with Crippen LogP contribution in [-0.2, 0) is 0 Å². The summed E-state index contributed by atoms with van der Waals surface area (Å²) in [7, 11) is 3.78. The number of H-pyrrole nitrogens is 1. The van der Waals surface area contributed by atoms with E-state index in [4.69, 9.17) is 0 Å². The van der Waals surface area contributed by atoms with Gasteiger partial charge in [-0.3, -0.25) is 9.89 Å². The fraction of sp³-hybridized carbons (Fsp3) is 0.118. The van der Waals surface area contributed by atoms with Crippen LogP contribution < -0.4 is 10.2 Å². The third kappa shape index (κ3) is 3.40. The van der Waals surface area contributed by atoms with Crippen LogP contribution in [-0.4, -0.2) is 35.2 Å². The van der Waals surface area contributed by atoms with Crippen LogP contribution in [0.5, 0.6) is 0 Å². The van der Waals surface area contributed by atoms with E-state index in [0.29, 0.717) is 17.1 Å². The van der Waals surface area contributed by atoms with Crippen LogP contribution in [0.4, 0.5) is 15.9 Å². The summed E-state index contributed by atoms with van der Waals surface area (Å²) in [4.78, 5) is 18.4. The smallest absolute Gasteiger partial charge is 0.273 e. The maximum absolute atomic E-state index is 13.0. The van der Waals surface area contributed by atoms with E-state index in [-0.39, 0.29) is 11.7 Å². The molecule has 0 saturated heterocycles. The Morgan fingerprint density at radius 2 is 1.92 bits per heavy atom. The van der Waals surface area contributed by atoms with Gasteiger partial charge in [-0.05, 0) is 42.5 Å². The van der Waals surface area contributed by atoms with Gasteiger partial charge in [-0.15, -0.1) is 0 Å². The van der Waals surface area contributed by atoms with Crippen molar-refractivity contribution >= 4 is 17.4 Å². The van der Waals surface area contributed by atoms with Crippen LogP contribution in [0, 0.1) is 5.82 Å². The molecule has 0 bridgehead atoms. The number of hydrogen-bond acceptors (Lipinski definition) is 4. The summed E-state index contributed by atoms with van der Waals surface area (Å²) in [5.74, 6) is 0.157. The molecule has 2 aromatic heterocycles. The molecule has 0 aliphatic carbocycles. The fourth-order valence-corrected chi connectivity index (χ4v) is 2.13. The van der Waals surface area contributed by atoms with Crippen LogP contribution in [0.3, 0.4) is 0 Å². The third-order valence-corrected chi connectivity index (χ3v) is 3.43. The molecule has 122 valence electrons. The van der Waals surface area contributed by atoms with Gasteiger partial charge in [0.1, 0.15) is 17.3 Å². The molecule has 2 heterocycles. The highest BCUT2D eigenvalue weighted by atomic mass is 19.1. The number of carbonyl (C=O) groups excluding carboxylic acids is 1. The molecule has 0 atom stereocenters. The maximum Gasteiger partial charge on any atom is 0.273 e. The lowest BCUT2D eigenvalue weighted by molar-refractivity contribution is 0.102. The average molecular weight is 325 g/mol. The average Bonchev–Trinajstić information content (AvgIpc) is 3.06. The molecular formula is C17H16FN5O. The van der Waals surface area contributed by atoms with Gasteiger partial charge >= 0.3 is 0 Å². The largest absolute Gasteiger partial charge is 0.363 e. The third-order valence-electron chi connectivity index (χ3n) is 3.43. The van der Waals surface area contributed by atoms with Gasteiger partial charge in [-0.1, -0.05) is 0 Å². The van der Waals surface area contributed by atoms with Crippen molar-refractivity contribution in [2.75, 3.05) is 24.3 Å². The van der Waals surface area contributed by atoms with E-state index in [1.807, 2.05) is 25.1 Å². The topological polar surface area (TPSA) is 73.9 Å².